The van der Waals surface area contributed by atoms with Crippen molar-refractivity contribution in [3.8, 4) is 11.3 Å². The van der Waals surface area contributed by atoms with Crippen LogP contribution in [0.1, 0.15) is 16.8 Å². The Kier molecular flexibility index (Phi) is 2.44. The molecule has 17 heavy (non-hydrogen) atoms. The maximum absolute atomic E-state index is 13.5. The molecule has 0 fully saturated rings. The second-order valence-corrected chi connectivity index (χ2v) is 4.41. The van der Waals surface area contributed by atoms with E-state index in [1.165, 1.54) is 17.5 Å². The Morgan fingerprint density at radius 2 is 2.24 bits per heavy atom. The van der Waals surface area contributed by atoms with Crippen LogP contribution in [0.5, 0.6) is 0 Å². The first kappa shape index (κ1) is 10.5. The molecule has 3 heterocycles. The summed E-state index contributed by atoms with van der Waals surface area (Å²) in [6, 6.07) is 2.09. The lowest BCUT2D eigenvalue weighted by molar-refractivity contribution is 0.612. The van der Waals surface area contributed by atoms with Crippen molar-refractivity contribution in [1.82, 2.24) is 15.3 Å². The zero-order valence-electron chi connectivity index (χ0n) is 9.68. The molecule has 0 aliphatic carbocycles. The average molecular weight is 231 g/mol. The summed E-state index contributed by atoms with van der Waals surface area (Å²) < 4.78 is 13.5. The number of nitrogens with zero attached hydrogens (tertiary/aromatic N) is 1. The van der Waals surface area contributed by atoms with Crippen LogP contribution in [0.15, 0.2) is 18.5 Å². The zero-order chi connectivity index (χ0) is 11.8. The third-order valence-electron chi connectivity index (χ3n) is 3.30. The molecule has 0 radical (unpaired) electrons. The Labute approximate surface area is 99.1 Å². The molecule has 88 valence electrons. The van der Waals surface area contributed by atoms with Gasteiger partial charge in [0.05, 0.1) is 6.20 Å². The van der Waals surface area contributed by atoms with Gasteiger partial charge in [0.1, 0.15) is 5.82 Å². The van der Waals surface area contributed by atoms with E-state index < -0.39 is 0 Å². The quantitative estimate of drug-likeness (QED) is 0.789. The number of nitrogens with one attached hydrogen (secondary N) is 2. The molecule has 1 aliphatic rings. The summed E-state index contributed by atoms with van der Waals surface area (Å²) in [5.74, 6) is -0.256. The Morgan fingerprint density at radius 1 is 1.35 bits per heavy atom. The van der Waals surface area contributed by atoms with Crippen LogP contribution in [-0.2, 0) is 13.0 Å². The Bertz CT molecular complexity index is 536. The van der Waals surface area contributed by atoms with Gasteiger partial charge in [-0.1, -0.05) is 0 Å². The summed E-state index contributed by atoms with van der Waals surface area (Å²) >= 11 is 0. The van der Waals surface area contributed by atoms with Gasteiger partial charge >= 0.3 is 0 Å². The topological polar surface area (TPSA) is 40.7 Å². The Morgan fingerprint density at radius 3 is 3.06 bits per heavy atom. The van der Waals surface area contributed by atoms with E-state index in [1.54, 1.807) is 13.1 Å². The first-order valence-corrected chi connectivity index (χ1v) is 5.77. The van der Waals surface area contributed by atoms with E-state index in [0.717, 1.165) is 30.8 Å². The molecule has 2 aromatic heterocycles. The van der Waals surface area contributed by atoms with E-state index in [4.69, 9.17) is 0 Å². The number of hydrogen-bond acceptors (Lipinski definition) is 2. The van der Waals surface area contributed by atoms with Gasteiger partial charge < -0.3 is 10.3 Å². The zero-order valence-corrected chi connectivity index (χ0v) is 9.68. The number of H-pyrrole nitrogens is 1. The SMILES string of the molecule is Cc1c(F)cncc1-c1cc2c([nH]1)CCNC2. The third-order valence-corrected chi connectivity index (χ3v) is 3.30. The fraction of sp³-hybridized carbons (Fsp3) is 0.308. The number of halogens is 1. The molecule has 4 heteroatoms. The lowest BCUT2D eigenvalue weighted by atomic mass is 10.1. The highest BCUT2D eigenvalue weighted by atomic mass is 19.1. The fourth-order valence-corrected chi connectivity index (χ4v) is 2.27. The second kappa shape index (κ2) is 3.96. The highest BCUT2D eigenvalue weighted by Gasteiger charge is 2.15. The van der Waals surface area contributed by atoms with Crippen molar-refractivity contribution in [3.05, 3.63) is 41.1 Å². The minimum absolute atomic E-state index is 0.256. The predicted octanol–water partition coefficient (Wildman–Crippen LogP) is 2.17. The summed E-state index contributed by atoms with van der Waals surface area (Å²) in [6.45, 7) is 3.66. The molecular weight excluding hydrogens is 217 g/mol. The minimum atomic E-state index is -0.256. The molecule has 1 aliphatic heterocycles. The fourth-order valence-electron chi connectivity index (χ4n) is 2.27. The number of aromatic nitrogens is 2. The molecule has 0 saturated heterocycles. The molecule has 0 aromatic carbocycles. The minimum Gasteiger partial charge on any atom is -0.358 e. The number of fused-ring (bicyclic) bond motifs is 1. The first-order valence-electron chi connectivity index (χ1n) is 5.77. The third kappa shape index (κ3) is 1.74. The molecule has 0 atom stereocenters. The van der Waals surface area contributed by atoms with E-state index in [1.807, 2.05) is 0 Å². The van der Waals surface area contributed by atoms with Crippen molar-refractivity contribution in [2.24, 2.45) is 0 Å². The maximum atomic E-state index is 13.5. The van der Waals surface area contributed by atoms with Gasteiger partial charge in [-0.2, -0.15) is 0 Å². The van der Waals surface area contributed by atoms with Gasteiger partial charge in [-0.05, 0) is 24.1 Å². The standard InChI is InChI=1S/C13H14FN3/c1-8-10(6-16-7-11(8)14)13-4-9-5-15-3-2-12(9)17-13/h4,6-7,15,17H,2-3,5H2,1H3. The van der Waals surface area contributed by atoms with Crippen LogP contribution in [0.25, 0.3) is 11.3 Å². The molecule has 3 rings (SSSR count). The van der Waals surface area contributed by atoms with Crippen molar-refractivity contribution in [2.45, 2.75) is 19.9 Å². The van der Waals surface area contributed by atoms with Crippen LogP contribution in [0, 0.1) is 12.7 Å². The lowest BCUT2D eigenvalue weighted by Crippen LogP contribution is -2.22. The van der Waals surface area contributed by atoms with Gasteiger partial charge in [-0.15, -0.1) is 0 Å². The van der Waals surface area contributed by atoms with E-state index in [-0.39, 0.29) is 5.82 Å². The average Bonchev–Trinajstić information content (AvgIpc) is 2.76. The molecule has 2 aromatic rings. The highest BCUT2D eigenvalue weighted by molar-refractivity contribution is 5.64. The Hall–Kier alpha value is -1.68. The first-order chi connectivity index (χ1) is 8.25. The van der Waals surface area contributed by atoms with Crippen LogP contribution in [-0.4, -0.2) is 16.5 Å². The number of hydrogen-bond donors (Lipinski definition) is 2. The van der Waals surface area contributed by atoms with E-state index in [2.05, 4.69) is 21.4 Å². The molecular formula is C13H14FN3. The normalized spacial score (nSPS) is 14.7. The molecule has 0 unspecified atom stereocenters. The summed E-state index contributed by atoms with van der Waals surface area (Å²) in [5, 5.41) is 3.32. The van der Waals surface area contributed by atoms with Crippen molar-refractivity contribution in [2.75, 3.05) is 6.54 Å². The largest absolute Gasteiger partial charge is 0.358 e. The second-order valence-electron chi connectivity index (χ2n) is 4.41. The van der Waals surface area contributed by atoms with Gasteiger partial charge in [-0.3, -0.25) is 4.98 Å². The molecule has 3 nitrogen and oxygen atoms in total. The van der Waals surface area contributed by atoms with Crippen molar-refractivity contribution >= 4 is 0 Å². The van der Waals surface area contributed by atoms with Crippen LogP contribution in [0.2, 0.25) is 0 Å². The summed E-state index contributed by atoms with van der Waals surface area (Å²) in [6.07, 6.45) is 3.96. The lowest BCUT2D eigenvalue weighted by Gasteiger charge is -2.11. The predicted molar refractivity (Wildman–Crippen MR) is 64.1 cm³/mol. The van der Waals surface area contributed by atoms with Crippen molar-refractivity contribution in [3.63, 3.8) is 0 Å². The van der Waals surface area contributed by atoms with Crippen molar-refractivity contribution < 1.29 is 4.39 Å². The molecule has 0 bridgehead atoms. The smallest absolute Gasteiger partial charge is 0.145 e. The van der Waals surface area contributed by atoms with Crippen LogP contribution < -0.4 is 5.32 Å². The van der Waals surface area contributed by atoms with Gasteiger partial charge in [0.25, 0.3) is 0 Å². The number of aromatic amines is 1. The maximum Gasteiger partial charge on any atom is 0.145 e. The van der Waals surface area contributed by atoms with Gasteiger partial charge in [0.15, 0.2) is 0 Å². The Balaban J connectivity index is 2.09. The van der Waals surface area contributed by atoms with Gasteiger partial charge in [0, 0.05) is 42.7 Å². The van der Waals surface area contributed by atoms with Crippen LogP contribution in [0.4, 0.5) is 4.39 Å². The van der Waals surface area contributed by atoms with Crippen LogP contribution >= 0.6 is 0 Å². The summed E-state index contributed by atoms with van der Waals surface area (Å²) in [5.41, 5.74) is 4.98. The van der Waals surface area contributed by atoms with E-state index in [0.29, 0.717) is 5.56 Å². The summed E-state index contributed by atoms with van der Waals surface area (Å²) in [4.78, 5) is 7.29. The van der Waals surface area contributed by atoms with Gasteiger partial charge in [0.2, 0.25) is 0 Å². The molecule has 0 saturated carbocycles. The van der Waals surface area contributed by atoms with Gasteiger partial charge in [-0.25, -0.2) is 4.39 Å². The van der Waals surface area contributed by atoms with E-state index >= 15 is 0 Å². The van der Waals surface area contributed by atoms with Crippen LogP contribution in [0.3, 0.4) is 0 Å². The number of pyridine rings is 1. The molecule has 2 N–H and O–H groups in total. The monoisotopic (exact) mass is 231 g/mol. The number of rotatable bonds is 1. The molecule has 0 spiro atoms. The molecule has 0 amide bonds. The van der Waals surface area contributed by atoms with E-state index in [9.17, 15) is 4.39 Å². The highest BCUT2D eigenvalue weighted by Crippen LogP contribution is 2.26. The van der Waals surface area contributed by atoms with Crippen molar-refractivity contribution in [1.29, 1.82) is 0 Å². The summed E-state index contributed by atoms with van der Waals surface area (Å²) in [7, 11) is 0.